The maximum Gasteiger partial charge on any atom is 0.254 e. The number of nitrogens with zero attached hydrogens (tertiary/aromatic N) is 2. The van der Waals surface area contributed by atoms with Crippen molar-refractivity contribution in [2.75, 3.05) is 25.6 Å². The van der Waals surface area contributed by atoms with Crippen molar-refractivity contribution in [3.8, 4) is 0 Å². The summed E-state index contributed by atoms with van der Waals surface area (Å²) in [5.41, 5.74) is 1.92. The molecule has 0 saturated heterocycles. The molecule has 3 rings (SSSR count). The lowest BCUT2D eigenvalue weighted by Gasteiger charge is -2.19. The van der Waals surface area contributed by atoms with E-state index in [1.807, 2.05) is 42.5 Å². The van der Waals surface area contributed by atoms with Gasteiger partial charge in [-0.1, -0.05) is 41.9 Å². The molecule has 5 nitrogen and oxygen atoms in total. The van der Waals surface area contributed by atoms with Gasteiger partial charge in [0.2, 0.25) is 5.96 Å². The van der Waals surface area contributed by atoms with Gasteiger partial charge in [-0.3, -0.25) is 9.69 Å². The van der Waals surface area contributed by atoms with Crippen molar-refractivity contribution in [2.24, 2.45) is 4.99 Å². The number of rotatable bonds is 6. The number of hydrogen-bond acceptors (Lipinski definition) is 4. The van der Waals surface area contributed by atoms with E-state index in [9.17, 15) is 4.79 Å². The number of halogens is 1. The van der Waals surface area contributed by atoms with E-state index in [2.05, 4.69) is 10.3 Å². The van der Waals surface area contributed by atoms with Gasteiger partial charge >= 0.3 is 0 Å². The zero-order chi connectivity index (χ0) is 17.6. The molecule has 2 aromatic rings. The standard InChI is InChI=1S/C19H20ClN3O2/c1-25-12-11-23-18(24)17(13-14-5-3-2-4-6-14)22-19(23)21-16-9-7-15(20)8-10-16/h2-10,17H,11-13H2,1H3,(H,21,22)/t17-/m0/s1. The molecule has 0 aliphatic carbocycles. The monoisotopic (exact) mass is 357 g/mol. The summed E-state index contributed by atoms with van der Waals surface area (Å²) in [5.74, 6) is 0.530. The number of amides is 1. The fourth-order valence-electron chi connectivity index (χ4n) is 2.69. The molecule has 0 unspecified atom stereocenters. The van der Waals surface area contributed by atoms with Gasteiger partial charge < -0.3 is 10.1 Å². The Kier molecular flexibility index (Phi) is 5.68. The lowest BCUT2D eigenvalue weighted by atomic mass is 10.1. The minimum absolute atomic E-state index is 0.0163. The Balaban J connectivity index is 1.78. The van der Waals surface area contributed by atoms with Gasteiger partial charge in [0, 0.05) is 24.2 Å². The number of nitrogens with one attached hydrogen (secondary N) is 1. The number of carbonyl (C=O) groups excluding carboxylic acids is 1. The van der Waals surface area contributed by atoms with Gasteiger partial charge in [-0.15, -0.1) is 0 Å². The maximum atomic E-state index is 12.8. The molecule has 130 valence electrons. The first-order valence-corrected chi connectivity index (χ1v) is 8.50. The van der Waals surface area contributed by atoms with Crippen LogP contribution >= 0.6 is 11.6 Å². The maximum absolute atomic E-state index is 12.8. The second-order valence-corrected chi connectivity index (χ2v) is 6.21. The summed E-state index contributed by atoms with van der Waals surface area (Å²) in [5, 5.41) is 3.87. The van der Waals surface area contributed by atoms with Crippen molar-refractivity contribution in [3.05, 3.63) is 65.2 Å². The summed E-state index contributed by atoms with van der Waals surface area (Å²) in [6.45, 7) is 0.908. The second-order valence-electron chi connectivity index (χ2n) is 5.77. The molecule has 6 heteroatoms. The normalized spacial score (nSPS) is 16.9. The van der Waals surface area contributed by atoms with Gasteiger partial charge in [0.15, 0.2) is 0 Å². The molecular weight excluding hydrogens is 338 g/mol. The van der Waals surface area contributed by atoms with Crippen molar-refractivity contribution in [2.45, 2.75) is 12.5 Å². The van der Waals surface area contributed by atoms with Crippen LogP contribution in [0.3, 0.4) is 0 Å². The zero-order valence-corrected chi connectivity index (χ0v) is 14.7. The van der Waals surface area contributed by atoms with Crippen LogP contribution in [-0.2, 0) is 16.0 Å². The van der Waals surface area contributed by atoms with Crippen LogP contribution in [0.15, 0.2) is 59.6 Å². The van der Waals surface area contributed by atoms with E-state index in [1.54, 1.807) is 24.1 Å². The van der Waals surface area contributed by atoms with Crippen LogP contribution < -0.4 is 5.32 Å². The smallest absolute Gasteiger partial charge is 0.254 e. The predicted molar refractivity (Wildman–Crippen MR) is 100 cm³/mol. The molecule has 1 heterocycles. The molecule has 1 aliphatic heterocycles. The molecule has 1 atom stereocenters. The molecule has 2 aromatic carbocycles. The third-order valence-electron chi connectivity index (χ3n) is 3.98. The zero-order valence-electron chi connectivity index (χ0n) is 14.0. The quantitative estimate of drug-likeness (QED) is 0.863. The topological polar surface area (TPSA) is 53.9 Å². The van der Waals surface area contributed by atoms with Gasteiger partial charge in [0.05, 0.1) is 13.2 Å². The van der Waals surface area contributed by atoms with E-state index in [-0.39, 0.29) is 5.91 Å². The first-order chi connectivity index (χ1) is 12.2. The van der Waals surface area contributed by atoms with Gasteiger partial charge in [0.25, 0.3) is 5.91 Å². The van der Waals surface area contributed by atoms with Gasteiger partial charge in [-0.2, -0.15) is 0 Å². The van der Waals surface area contributed by atoms with E-state index in [1.165, 1.54) is 0 Å². The minimum Gasteiger partial charge on any atom is -0.383 e. The van der Waals surface area contributed by atoms with E-state index >= 15 is 0 Å². The number of hydrogen-bond donors (Lipinski definition) is 1. The Morgan fingerprint density at radius 1 is 1.16 bits per heavy atom. The highest BCUT2D eigenvalue weighted by atomic mass is 35.5. The summed E-state index contributed by atoms with van der Waals surface area (Å²) in [4.78, 5) is 19.0. The largest absolute Gasteiger partial charge is 0.383 e. The van der Waals surface area contributed by atoms with Crippen LogP contribution in [0.5, 0.6) is 0 Å². The molecule has 0 fully saturated rings. The van der Waals surface area contributed by atoms with Crippen molar-refractivity contribution in [1.82, 2.24) is 4.90 Å². The molecule has 1 amide bonds. The molecule has 25 heavy (non-hydrogen) atoms. The summed E-state index contributed by atoms with van der Waals surface area (Å²) >= 11 is 5.92. The molecule has 0 bridgehead atoms. The summed E-state index contributed by atoms with van der Waals surface area (Å²) in [7, 11) is 1.62. The average molecular weight is 358 g/mol. The van der Waals surface area contributed by atoms with Crippen molar-refractivity contribution in [1.29, 1.82) is 0 Å². The molecule has 0 aromatic heterocycles. The third-order valence-corrected chi connectivity index (χ3v) is 4.23. The number of guanidine groups is 1. The van der Waals surface area contributed by atoms with E-state index in [0.29, 0.717) is 30.6 Å². The number of benzene rings is 2. The van der Waals surface area contributed by atoms with Crippen molar-refractivity contribution in [3.63, 3.8) is 0 Å². The molecule has 1 N–H and O–H groups in total. The fraction of sp³-hybridized carbons (Fsp3) is 0.263. The van der Waals surface area contributed by atoms with Crippen LogP contribution in [0.2, 0.25) is 5.02 Å². The van der Waals surface area contributed by atoms with Crippen molar-refractivity contribution >= 4 is 29.2 Å². The van der Waals surface area contributed by atoms with Crippen LogP contribution in [-0.4, -0.2) is 43.1 Å². The SMILES string of the molecule is COCCN1C(=O)[C@H](Cc2ccccc2)N=C1Nc1ccc(Cl)cc1. The van der Waals surface area contributed by atoms with E-state index in [0.717, 1.165) is 11.3 Å². The first kappa shape index (κ1) is 17.5. The number of ether oxygens (including phenoxy) is 1. The van der Waals surface area contributed by atoms with Crippen LogP contribution in [0.25, 0.3) is 0 Å². The average Bonchev–Trinajstić information content (AvgIpc) is 2.91. The number of anilines is 1. The highest BCUT2D eigenvalue weighted by Gasteiger charge is 2.34. The lowest BCUT2D eigenvalue weighted by Crippen LogP contribution is -2.40. The summed E-state index contributed by atoms with van der Waals surface area (Å²) in [6, 6.07) is 16.8. The number of carbonyl (C=O) groups is 1. The van der Waals surface area contributed by atoms with Gasteiger partial charge in [-0.05, 0) is 29.8 Å². The number of methoxy groups -OCH3 is 1. The Hall–Kier alpha value is -2.37. The highest BCUT2D eigenvalue weighted by molar-refractivity contribution is 6.30. The molecular formula is C19H20ClN3O2. The van der Waals surface area contributed by atoms with Gasteiger partial charge in [0.1, 0.15) is 6.04 Å². The van der Waals surface area contributed by atoms with E-state index < -0.39 is 6.04 Å². The third kappa shape index (κ3) is 4.38. The summed E-state index contributed by atoms with van der Waals surface area (Å²) in [6.07, 6.45) is 0.578. The molecule has 0 spiro atoms. The first-order valence-electron chi connectivity index (χ1n) is 8.12. The van der Waals surface area contributed by atoms with Crippen molar-refractivity contribution < 1.29 is 9.53 Å². The van der Waals surface area contributed by atoms with E-state index in [4.69, 9.17) is 16.3 Å². The Morgan fingerprint density at radius 3 is 2.56 bits per heavy atom. The fourth-order valence-corrected chi connectivity index (χ4v) is 2.81. The Bertz CT molecular complexity index is 747. The molecule has 0 radical (unpaired) electrons. The molecule has 0 saturated carbocycles. The predicted octanol–water partition coefficient (Wildman–Crippen LogP) is 3.21. The number of aliphatic imine (C=N–C) groups is 1. The second kappa shape index (κ2) is 8.14. The minimum atomic E-state index is -0.422. The Morgan fingerprint density at radius 2 is 1.88 bits per heavy atom. The lowest BCUT2D eigenvalue weighted by molar-refractivity contribution is -0.127. The van der Waals surface area contributed by atoms with Crippen LogP contribution in [0.1, 0.15) is 5.56 Å². The van der Waals surface area contributed by atoms with Crippen LogP contribution in [0.4, 0.5) is 5.69 Å². The molecule has 1 aliphatic rings. The van der Waals surface area contributed by atoms with Gasteiger partial charge in [-0.25, -0.2) is 4.99 Å². The Labute approximate surface area is 152 Å². The van der Waals surface area contributed by atoms with Crippen LogP contribution in [0, 0.1) is 0 Å². The highest BCUT2D eigenvalue weighted by Crippen LogP contribution is 2.19. The summed E-state index contributed by atoms with van der Waals surface area (Å²) < 4.78 is 5.13.